The average molecular weight is 215 g/mol. The zero-order valence-corrected chi connectivity index (χ0v) is 9.01. The van der Waals surface area contributed by atoms with Crippen molar-refractivity contribution >= 4 is 5.69 Å². The first-order chi connectivity index (χ1) is 7.79. The molecular weight excluding hydrogens is 202 g/mol. The predicted molar refractivity (Wildman–Crippen MR) is 63.9 cm³/mol. The first-order valence-electron chi connectivity index (χ1n) is 4.96. The maximum Gasteiger partial charge on any atom is 0.145 e. The summed E-state index contributed by atoms with van der Waals surface area (Å²) in [5.41, 5.74) is 6.31. The molecule has 0 radical (unpaired) electrons. The van der Waals surface area contributed by atoms with Gasteiger partial charge in [-0.1, -0.05) is 18.2 Å². The van der Waals surface area contributed by atoms with Gasteiger partial charge in [-0.3, -0.25) is 0 Å². The Hall–Kier alpha value is -2.16. The summed E-state index contributed by atoms with van der Waals surface area (Å²) in [5, 5.41) is 0. The number of ether oxygens (including phenoxy) is 2. The van der Waals surface area contributed by atoms with Crippen LogP contribution in [0.5, 0.6) is 17.2 Å². The molecule has 0 heterocycles. The minimum absolute atomic E-state index is 0.600. The maximum absolute atomic E-state index is 5.71. The van der Waals surface area contributed by atoms with Gasteiger partial charge in [0.25, 0.3) is 0 Å². The summed E-state index contributed by atoms with van der Waals surface area (Å²) >= 11 is 0. The van der Waals surface area contributed by atoms with Crippen LogP contribution in [0.15, 0.2) is 48.5 Å². The molecule has 0 aliphatic heterocycles. The molecule has 0 saturated carbocycles. The van der Waals surface area contributed by atoms with E-state index in [4.69, 9.17) is 15.2 Å². The standard InChI is InChI=1S/C13H13NO2/c1-15-13-9-11(7-8-12(13)14)16-10-5-3-2-4-6-10/h2-9H,14H2,1H3. The summed E-state index contributed by atoms with van der Waals surface area (Å²) < 4.78 is 10.8. The second kappa shape index (κ2) is 4.57. The van der Waals surface area contributed by atoms with Crippen molar-refractivity contribution < 1.29 is 9.47 Å². The molecule has 2 aromatic rings. The number of nitrogens with two attached hydrogens (primary N) is 1. The number of hydrogen-bond donors (Lipinski definition) is 1. The molecule has 3 nitrogen and oxygen atoms in total. The highest BCUT2D eigenvalue weighted by molar-refractivity contribution is 5.56. The number of anilines is 1. The van der Waals surface area contributed by atoms with Gasteiger partial charge in [0.15, 0.2) is 0 Å². The van der Waals surface area contributed by atoms with Crippen LogP contribution >= 0.6 is 0 Å². The van der Waals surface area contributed by atoms with E-state index in [1.54, 1.807) is 19.2 Å². The van der Waals surface area contributed by atoms with Crippen LogP contribution in [0.4, 0.5) is 5.69 Å². The van der Waals surface area contributed by atoms with E-state index < -0.39 is 0 Å². The Labute approximate surface area is 94.4 Å². The Bertz CT molecular complexity index is 469. The lowest BCUT2D eigenvalue weighted by Gasteiger charge is -2.08. The van der Waals surface area contributed by atoms with E-state index in [0.29, 0.717) is 17.2 Å². The third-order valence-electron chi connectivity index (χ3n) is 2.18. The number of rotatable bonds is 3. The van der Waals surface area contributed by atoms with E-state index in [9.17, 15) is 0 Å². The average Bonchev–Trinajstić information content (AvgIpc) is 2.33. The number of methoxy groups -OCH3 is 1. The number of nitrogen functional groups attached to an aromatic ring is 1. The van der Waals surface area contributed by atoms with Gasteiger partial charge in [-0.2, -0.15) is 0 Å². The maximum atomic E-state index is 5.71. The van der Waals surface area contributed by atoms with Gasteiger partial charge in [0, 0.05) is 6.07 Å². The zero-order chi connectivity index (χ0) is 11.4. The Kier molecular flexibility index (Phi) is 2.96. The van der Waals surface area contributed by atoms with E-state index in [-0.39, 0.29) is 0 Å². The molecule has 0 amide bonds. The van der Waals surface area contributed by atoms with Crippen LogP contribution in [0, 0.1) is 0 Å². The lowest BCUT2D eigenvalue weighted by molar-refractivity contribution is 0.411. The summed E-state index contributed by atoms with van der Waals surface area (Å²) in [4.78, 5) is 0. The van der Waals surface area contributed by atoms with Crippen molar-refractivity contribution in [2.75, 3.05) is 12.8 Å². The minimum Gasteiger partial charge on any atom is -0.494 e. The molecule has 0 atom stereocenters. The van der Waals surface area contributed by atoms with Crippen LogP contribution in [0.2, 0.25) is 0 Å². The van der Waals surface area contributed by atoms with Crippen LogP contribution < -0.4 is 15.2 Å². The highest BCUT2D eigenvalue weighted by atomic mass is 16.5. The first-order valence-corrected chi connectivity index (χ1v) is 4.96. The van der Waals surface area contributed by atoms with Crippen LogP contribution in [-0.4, -0.2) is 7.11 Å². The topological polar surface area (TPSA) is 44.5 Å². The third kappa shape index (κ3) is 2.25. The van der Waals surface area contributed by atoms with Gasteiger partial charge in [0.1, 0.15) is 17.2 Å². The van der Waals surface area contributed by atoms with Crippen LogP contribution in [-0.2, 0) is 0 Å². The molecule has 3 heteroatoms. The Morgan fingerprint density at radius 2 is 1.69 bits per heavy atom. The number of para-hydroxylation sites is 1. The number of benzene rings is 2. The summed E-state index contributed by atoms with van der Waals surface area (Å²) in [6.45, 7) is 0. The molecule has 82 valence electrons. The van der Waals surface area contributed by atoms with Gasteiger partial charge < -0.3 is 15.2 Å². The van der Waals surface area contributed by atoms with E-state index >= 15 is 0 Å². The van der Waals surface area contributed by atoms with Crippen molar-refractivity contribution in [3.05, 3.63) is 48.5 Å². The molecule has 0 spiro atoms. The van der Waals surface area contributed by atoms with E-state index in [1.165, 1.54) is 0 Å². The third-order valence-corrected chi connectivity index (χ3v) is 2.18. The fraction of sp³-hybridized carbons (Fsp3) is 0.0769. The summed E-state index contributed by atoms with van der Waals surface area (Å²) in [5.74, 6) is 2.11. The van der Waals surface area contributed by atoms with Crippen molar-refractivity contribution in [3.63, 3.8) is 0 Å². The molecule has 2 aromatic carbocycles. The Balaban J connectivity index is 2.22. The SMILES string of the molecule is COc1cc(Oc2ccccc2)ccc1N. The molecule has 0 fully saturated rings. The van der Waals surface area contributed by atoms with Gasteiger partial charge in [-0.25, -0.2) is 0 Å². The second-order valence-corrected chi connectivity index (χ2v) is 3.32. The monoisotopic (exact) mass is 215 g/mol. The molecule has 0 aromatic heterocycles. The molecular formula is C13H13NO2. The van der Waals surface area contributed by atoms with Crippen molar-refractivity contribution in [1.82, 2.24) is 0 Å². The summed E-state index contributed by atoms with van der Waals surface area (Å²) in [7, 11) is 1.58. The first kappa shape index (κ1) is 10.4. The summed E-state index contributed by atoms with van der Waals surface area (Å²) in [6, 6.07) is 14.9. The molecule has 2 rings (SSSR count). The smallest absolute Gasteiger partial charge is 0.145 e. The fourth-order valence-electron chi connectivity index (χ4n) is 1.38. The molecule has 0 saturated heterocycles. The molecule has 0 aliphatic carbocycles. The van der Waals surface area contributed by atoms with Crippen molar-refractivity contribution in [3.8, 4) is 17.2 Å². The van der Waals surface area contributed by atoms with Crippen LogP contribution in [0.1, 0.15) is 0 Å². The molecule has 0 aliphatic rings. The molecule has 16 heavy (non-hydrogen) atoms. The van der Waals surface area contributed by atoms with Crippen molar-refractivity contribution in [2.45, 2.75) is 0 Å². The lowest BCUT2D eigenvalue weighted by atomic mass is 10.3. The van der Waals surface area contributed by atoms with Crippen molar-refractivity contribution in [2.24, 2.45) is 0 Å². The minimum atomic E-state index is 0.600. The molecule has 0 unspecified atom stereocenters. The van der Waals surface area contributed by atoms with E-state index in [1.807, 2.05) is 36.4 Å². The van der Waals surface area contributed by atoms with Crippen LogP contribution in [0.3, 0.4) is 0 Å². The molecule has 2 N–H and O–H groups in total. The van der Waals surface area contributed by atoms with Crippen LogP contribution in [0.25, 0.3) is 0 Å². The molecule has 0 bridgehead atoms. The van der Waals surface area contributed by atoms with Gasteiger partial charge in [0.05, 0.1) is 12.8 Å². The Morgan fingerprint density at radius 1 is 0.938 bits per heavy atom. The van der Waals surface area contributed by atoms with Gasteiger partial charge in [-0.05, 0) is 24.3 Å². The number of hydrogen-bond acceptors (Lipinski definition) is 3. The quantitative estimate of drug-likeness (QED) is 0.800. The predicted octanol–water partition coefficient (Wildman–Crippen LogP) is 3.07. The largest absolute Gasteiger partial charge is 0.494 e. The zero-order valence-electron chi connectivity index (χ0n) is 9.01. The Morgan fingerprint density at radius 3 is 2.38 bits per heavy atom. The van der Waals surface area contributed by atoms with Gasteiger partial charge in [0.2, 0.25) is 0 Å². The highest BCUT2D eigenvalue weighted by Gasteiger charge is 2.02. The second-order valence-electron chi connectivity index (χ2n) is 3.32. The normalized spacial score (nSPS) is 9.81. The fourth-order valence-corrected chi connectivity index (χ4v) is 1.38. The van der Waals surface area contributed by atoms with Gasteiger partial charge >= 0.3 is 0 Å². The van der Waals surface area contributed by atoms with E-state index in [0.717, 1.165) is 5.75 Å². The van der Waals surface area contributed by atoms with Gasteiger partial charge in [-0.15, -0.1) is 0 Å². The summed E-state index contributed by atoms with van der Waals surface area (Å²) in [6.07, 6.45) is 0. The lowest BCUT2D eigenvalue weighted by Crippen LogP contribution is -1.92. The van der Waals surface area contributed by atoms with Crippen molar-refractivity contribution in [1.29, 1.82) is 0 Å². The highest BCUT2D eigenvalue weighted by Crippen LogP contribution is 2.29. The van der Waals surface area contributed by atoms with E-state index in [2.05, 4.69) is 0 Å².